The molecule has 1 fully saturated rings. The first-order valence-corrected chi connectivity index (χ1v) is 15.2. The van der Waals surface area contributed by atoms with Crippen LogP contribution < -0.4 is 15.4 Å². The standard InChI is InChI=1S/C32H34Cl2N6O4/c1-19-12-13-21-22(9-5-11-24(21)38-28(41)27(33)34)26(19)43-29-23(10-6-15-35-29)25-14-16-36-30(39-25)37-20-8-7-17-40(18-20)31(42)44-32(2,3)4/h5-6,9-16,20,27H,7-8,17-18H2,1-4H3,(H,38,41)(H,36,37,39)/t20-/m0/s1. The molecule has 0 spiro atoms. The van der Waals surface area contributed by atoms with Crippen molar-refractivity contribution in [2.75, 3.05) is 23.7 Å². The maximum atomic E-state index is 12.6. The maximum absolute atomic E-state index is 12.6. The molecular formula is C32H34Cl2N6O4. The summed E-state index contributed by atoms with van der Waals surface area (Å²) in [5, 5.41) is 7.68. The van der Waals surface area contributed by atoms with Gasteiger partial charge in [0.2, 0.25) is 11.8 Å². The van der Waals surface area contributed by atoms with Gasteiger partial charge in [-0.1, -0.05) is 47.5 Å². The van der Waals surface area contributed by atoms with Crippen molar-refractivity contribution in [3.63, 3.8) is 0 Å². The Morgan fingerprint density at radius 1 is 1.02 bits per heavy atom. The van der Waals surface area contributed by atoms with Gasteiger partial charge < -0.3 is 25.0 Å². The second-order valence-electron chi connectivity index (χ2n) is 11.5. The lowest BCUT2D eigenvalue weighted by molar-refractivity contribution is -0.114. The highest BCUT2D eigenvalue weighted by Gasteiger charge is 2.28. The third-order valence-corrected chi connectivity index (χ3v) is 7.37. The van der Waals surface area contributed by atoms with E-state index in [1.807, 2.05) is 64.1 Å². The van der Waals surface area contributed by atoms with E-state index in [2.05, 4.69) is 20.6 Å². The van der Waals surface area contributed by atoms with Crippen LogP contribution in [0, 0.1) is 6.92 Å². The van der Waals surface area contributed by atoms with Crippen LogP contribution in [0.15, 0.2) is 60.9 Å². The minimum atomic E-state index is -1.20. The molecule has 2 N–H and O–H groups in total. The van der Waals surface area contributed by atoms with Crippen molar-refractivity contribution in [3.8, 4) is 22.9 Å². The summed E-state index contributed by atoms with van der Waals surface area (Å²) in [6.07, 6.45) is 4.71. The van der Waals surface area contributed by atoms with Crippen molar-refractivity contribution < 1.29 is 19.1 Å². The lowest BCUT2D eigenvalue weighted by Crippen LogP contribution is -2.47. The Labute approximate surface area is 266 Å². The topological polar surface area (TPSA) is 119 Å². The van der Waals surface area contributed by atoms with Crippen molar-refractivity contribution in [3.05, 3.63) is 66.5 Å². The summed E-state index contributed by atoms with van der Waals surface area (Å²) >= 11 is 11.5. The van der Waals surface area contributed by atoms with Gasteiger partial charge in [0.25, 0.3) is 5.91 Å². The second-order valence-corrected chi connectivity index (χ2v) is 12.6. The van der Waals surface area contributed by atoms with Gasteiger partial charge >= 0.3 is 6.09 Å². The van der Waals surface area contributed by atoms with E-state index in [9.17, 15) is 9.59 Å². The molecule has 0 bridgehead atoms. The number of piperidine rings is 1. The summed E-state index contributed by atoms with van der Waals surface area (Å²) in [6.45, 7) is 8.65. The maximum Gasteiger partial charge on any atom is 0.410 e. The highest BCUT2D eigenvalue weighted by molar-refractivity contribution is 6.54. The Kier molecular flexibility index (Phi) is 9.41. The zero-order valence-corrected chi connectivity index (χ0v) is 26.4. The van der Waals surface area contributed by atoms with Gasteiger partial charge in [0.1, 0.15) is 11.4 Å². The second kappa shape index (κ2) is 13.2. The zero-order chi connectivity index (χ0) is 31.4. The molecule has 1 aliphatic rings. The Hall–Kier alpha value is -4.15. The first kappa shape index (κ1) is 31.3. The normalized spacial score (nSPS) is 15.2. The van der Waals surface area contributed by atoms with Crippen molar-refractivity contribution in [2.45, 2.75) is 57.0 Å². The highest BCUT2D eigenvalue weighted by atomic mass is 35.5. The molecule has 2 amide bonds. The predicted octanol–water partition coefficient (Wildman–Crippen LogP) is 7.35. The van der Waals surface area contributed by atoms with Crippen molar-refractivity contribution in [1.29, 1.82) is 0 Å². The fraction of sp³-hybridized carbons (Fsp3) is 0.344. The Bertz CT molecular complexity index is 1680. The number of benzene rings is 2. The van der Waals surface area contributed by atoms with Gasteiger partial charge in [-0.25, -0.2) is 19.7 Å². The first-order chi connectivity index (χ1) is 21.0. The zero-order valence-electron chi connectivity index (χ0n) is 24.9. The number of amides is 2. The number of alkyl halides is 2. The number of likely N-dealkylation sites (tertiary alicyclic amines) is 1. The van der Waals surface area contributed by atoms with E-state index in [1.54, 1.807) is 29.4 Å². The number of anilines is 2. The van der Waals surface area contributed by atoms with Gasteiger partial charge in [0.05, 0.1) is 11.3 Å². The molecule has 5 rings (SSSR count). The molecule has 2 aromatic carbocycles. The number of pyridine rings is 1. The average Bonchev–Trinajstić information content (AvgIpc) is 2.98. The molecule has 2 aromatic heterocycles. The van der Waals surface area contributed by atoms with Crippen LogP contribution in [0.2, 0.25) is 0 Å². The number of aromatic nitrogens is 3. The smallest absolute Gasteiger partial charge is 0.410 e. The fourth-order valence-electron chi connectivity index (χ4n) is 4.98. The molecule has 0 saturated carbocycles. The molecule has 1 atom stereocenters. The number of nitrogens with one attached hydrogen (secondary N) is 2. The van der Waals surface area contributed by atoms with E-state index in [0.717, 1.165) is 29.2 Å². The molecule has 0 aliphatic carbocycles. The molecule has 4 aromatic rings. The highest BCUT2D eigenvalue weighted by Crippen LogP contribution is 2.38. The van der Waals surface area contributed by atoms with Gasteiger partial charge in [0.15, 0.2) is 4.84 Å². The number of halogens is 2. The van der Waals surface area contributed by atoms with E-state index in [-0.39, 0.29) is 12.1 Å². The SMILES string of the molecule is Cc1ccc2c(NC(=O)C(Cl)Cl)cccc2c1Oc1ncccc1-c1ccnc(N[C@H]2CCCN(C(=O)OC(C)(C)C)C2)n1. The lowest BCUT2D eigenvalue weighted by atomic mass is 10.0. The third kappa shape index (κ3) is 7.49. The molecular weight excluding hydrogens is 603 g/mol. The van der Waals surface area contributed by atoms with Gasteiger partial charge in [-0.05, 0) is 70.4 Å². The molecule has 0 unspecified atom stereocenters. The number of hydrogen-bond acceptors (Lipinski definition) is 8. The van der Waals surface area contributed by atoms with E-state index < -0.39 is 16.3 Å². The third-order valence-electron chi connectivity index (χ3n) is 6.97. The monoisotopic (exact) mass is 636 g/mol. The summed E-state index contributed by atoms with van der Waals surface area (Å²) in [5.41, 5.74) is 2.17. The van der Waals surface area contributed by atoms with Gasteiger partial charge in [0, 0.05) is 48.0 Å². The number of nitrogens with zero attached hydrogens (tertiary/aromatic N) is 4. The number of fused-ring (bicyclic) bond motifs is 1. The van der Waals surface area contributed by atoms with Crippen molar-refractivity contribution >= 4 is 57.6 Å². The number of carbonyl (C=O) groups excluding carboxylic acids is 2. The minimum absolute atomic E-state index is 0.0305. The number of ether oxygens (including phenoxy) is 2. The van der Waals surface area contributed by atoms with Crippen LogP contribution in [0.3, 0.4) is 0 Å². The minimum Gasteiger partial charge on any atom is -0.444 e. The van der Waals surface area contributed by atoms with E-state index in [0.29, 0.717) is 47.6 Å². The summed E-state index contributed by atoms with van der Waals surface area (Å²) in [7, 11) is 0. The van der Waals surface area contributed by atoms with E-state index in [1.165, 1.54) is 0 Å². The molecule has 10 nitrogen and oxygen atoms in total. The lowest BCUT2D eigenvalue weighted by Gasteiger charge is -2.34. The van der Waals surface area contributed by atoms with Crippen LogP contribution in [-0.4, -0.2) is 61.4 Å². The number of aryl methyl sites for hydroxylation is 1. The van der Waals surface area contributed by atoms with Crippen LogP contribution in [0.4, 0.5) is 16.4 Å². The van der Waals surface area contributed by atoms with Crippen molar-refractivity contribution in [1.82, 2.24) is 19.9 Å². The Morgan fingerprint density at radius 2 is 1.84 bits per heavy atom. The Balaban J connectivity index is 1.39. The van der Waals surface area contributed by atoms with Crippen LogP contribution in [0.5, 0.6) is 11.6 Å². The molecule has 0 radical (unpaired) electrons. The molecule has 12 heteroatoms. The first-order valence-electron chi connectivity index (χ1n) is 14.3. The van der Waals surface area contributed by atoms with Crippen LogP contribution in [0.1, 0.15) is 39.2 Å². The summed E-state index contributed by atoms with van der Waals surface area (Å²) < 4.78 is 12.0. The van der Waals surface area contributed by atoms with Crippen molar-refractivity contribution in [2.24, 2.45) is 0 Å². The fourth-order valence-corrected chi connectivity index (χ4v) is 5.09. The number of carbonyl (C=O) groups is 2. The van der Waals surface area contributed by atoms with E-state index >= 15 is 0 Å². The number of rotatable bonds is 7. The quantitative estimate of drug-likeness (QED) is 0.202. The molecule has 44 heavy (non-hydrogen) atoms. The summed E-state index contributed by atoms with van der Waals surface area (Å²) in [6, 6.07) is 14.8. The molecule has 1 aliphatic heterocycles. The molecule has 1 saturated heterocycles. The largest absolute Gasteiger partial charge is 0.444 e. The number of hydrogen-bond donors (Lipinski definition) is 2. The van der Waals surface area contributed by atoms with E-state index in [4.69, 9.17) is 37.7 Å². The van der Waals surface area contributed by atoms with Gasteiger partial charge in [-0.3, -0.25) is 4.79 Å². The van der Waals surface area contributed by atoms with Gasteiger partial charge in [-0.2, -0.15) is 0 Å². The van der Waals surface area contributed by atoms with Crippen LogP contribution in [0.25, 0.3) is 22.0 Å². The Morgan fingerprint density at radius 3 is 2.61 bits per heavy atom. The summed E-state index contributed by atoms with van der Waals surface area (Å²) in [4.78, 5) is 39.1. The average molecular weight is 638 g/mol. The van der Waals surface area contributed by atoms with Crippen LogP contribution in [-0.2, 0) is 9.53 Å². The predicted molar refractivity (Wildman–Crippen MR) is 173 cm³/mol. The molecule has 230 valence electrons. The van der Waals surface area contributed by atoms with Crippen LogP contribution >= 0.6 is 23.2 Å². The molecule has 3 heterocycles. The van der Waals surface area contributed by atoms with Gasteiger partial charge in [-0.15, -0.1) is 0 Å². The summed E-state index contributed by atoms with van der Waals surface area (Å²) in [5.74, 6) is 0.864.